The maximum Gasteiger partial charge on any atom is 0.0644 e. The van der Waals surface area contributed by atoms with Crippen LogP contribution in [0.4, 0.5) is 0 Å². The highest BCUT2D eigenvalue weighted by Crippen LogP contribution is 2.70. The minimum absolute atomic E-state index is 0.304. The summed E-state index contributed by atoms with van der Waals surface area (Å²) in [6, 6.07) is 0. The van der Waals surface area contributed by atoms with Gasteiger partial charge in [0.2, 0.25) is 0 Å². The summed E-state index contributed by atoms with van der Waals surface area (Å²) in [6.45, 7) is 5.86. The molecule has 0 heterocycles. The van der Waals surface area contributed by atoms with Crippen LogP contribution < -0.4 is 5.11 Å². The standard InChI is InChI=1S/C11H17NO3/c1-9(2)10(3)4-5-11(9,8(13)14)6-7(10)12-15/h15H,4-6H2,1-3H3,(H,13,14)/p-1/t10-,11+/m0/s1. The third-order valence-corrected chi connectivity index (χ3v) is 5.25. The normalized spacial score (nSPS) is 44.9. The van der Waals surface area contributed by atoms with Crippen LogP contribution >= 0.6 is 0 Å². The molecule has 2 aliphatic rings. The van der Waals surface area contributed by atoms with E-state index in [-0.39, 0.29) is 5.41 Å². The van der Waals surface area contributed by atoms with Gasteiger partial charge in [0, 0.05) is 23.2 Å². The fraction of sp³-hybridized carbons (Fsp3) is 0.818. The molecule has 4 nitrogen and oxygen atoms in total. The van der Waals surface area contributed by atoms with Gasteiger partial charge in [0.05, 0.1) is 5.71 Å². The Balaban J connectivity index is 2.61. The van der Waals surface area contributed by atoms with Crippen molar-refractivity contribution in [1.82, 2.24) is 0 Å². The zero-order valence-corrected chi connectivity index (χ0v) is 9.33. The first-order valence-corrected chi connectivity index (χ1v) is 5.25. The number of rotatable bonds is 1. The van der Waals surface area contributed by atoms with E-state index in [1.165, 1.54) is 0 Å². The van der Waals surface area contributed by atoms with Crippen LogP contribution in [0.1, 0.15) is 40.0 Å². The number of carboxylic acids is 1. The van der Waals surface area contributed by atoms with Crippen molar-refractivity contribution < 1.29 is 15.1 Å². The Kier molecular flexibility index (Phi) is 1.77. The van der Waals surface area contributed by atoms with Crippen molar-refractivity contribution in [3.8, 4) is 0 Å². The molecule has 0 saturated heterocycles. The van der Waals surface area contributed by atoms with Crippen LogP contribution in [0.2, 0.25) is 0 Å². The fourth-order valence-corrected chi connectivity index (χ4v) is 3.49. The molecule has 0 spiro atoms. The van der Waals surface area contributed by atoms with Crippen LogP contribution in [-0.2, 0) is 4.79 Å². The number of nitrogens with zero attached hydrogens (tertiary/aromatic N) is 1. The van der Waals surface area contributed by atoms with E-state index in [2.05, 4.69) is 5.16 Å². The predicted octanol–water partition coefficient (Wildman–Crippen LogP) is 0.783. The quantitative estimate of drug-likeness (QED) is 0.513. The number of aliphatic carboxylic acids is 1. The molecule has 0 radical (unpaired) electrons. The van der Waals surface area contributed by atoms with Crippen molar-refractivity contribution >= 4 is 11.7 Å². The smallest absolute Gasteiger partial charge is 0.0644 e. The van der Waals surface area contributed by atoms with Gasteiger partial charge in [0.25, 0.3) is 0 Å². The summed E-state index contributed by atoms with van der Waals surface area (Å²) in [5.41, 5.74) is -0.936. The van der Waals surface area contributed by atoms with E-state index < -0.39 is 16.8 Å². The van der Waals surface area contributed by atoms with Crippen LogP contribution in [0.15, 0.2) is 5.16 Å². The van der Waals surface area contributed by atoms with Gasteiger partial charge in [-0.15, -0.1) is 0 Å². The van der Waals surface area contributed by atoms with Gasteiger partial charge in [-0.1, -0.05) is 25.9 Å². The summed E-state index contributed by atoms with van der Waals surface area (Å²) in [5.74, 6) is -1.00. The van der Waals surface area contributed by atoms with Crippen molar-refractivity contribution in [3.05, 3.63) is 0 Å². The van der Waals surface area contributed by atoms with Gasteiger partial charge in [-0.3, -0.25) is 0 Å². The molecule has 1 N–H and O–H groups in total. The van der Waals surface area contributed by atoms with Crippen LogP contribution in [0.3, 0.4) is 0 Å². The number of fused-ring (bicyclic) bond motifs is 2. The maximum absolute atomic E-state index is 11.4. The Bertz CT molecular complexity index is 361. The van der Waals surface area contributed by atoms with E-state index in [1.807, 2.05) is 20.8 Å². The van der Waals surface area contributed by atoms with Gasteiger partial charge in [0.1, 0.15) is 0 Å². The molecule has 2 bridgehead atoms. The van der Waals surface area contributed by atoms with Crippen molar-refractivity contribution in [3.63, 3.8) is 0 Å². The first-order chi connectivity index (χ1) is 6.82. The molecule has 2 aliphatic carbocycles. The summed E-state index contributed by atoms with van der Waals surface area (Å²) < 4.78 is 0. The average molecular weight is 210 g/mol. The summed E-state index contributed by atoms with van der Waals surface area (Å²) in [4.78, 5) is 11.4. The molecule has 2 saturated carbocycles. The number of carbonyl (C=O) groups excluding carboxylic acids is 1. The lowest BCUT2D eigenvalue weighted by molar-refractivity contribution is -0.323. The summed E-state index contributed by atoms with van der Waals surface area (Å²) >= 11 is 0. The highest BCUT2D eigenvalue weighted by molar-refractivity contribution is 6.00. The SMILES string of the molecule is CC1(C)[C@]2(C(=O)[O-])CC[C@@]1(C)C(=NO)C2. The Hall–Kier alpha value is -1.06. The number of hydrogen-bond donors (Lipinski definition) is 1. The second-order valence-electron chi connectivity index (χ2n) is 5.55. The molecule has 0 aromatic rings. The van der Waals surface area contributed by atoms with Gasteiger partial charge in [-0.25, -0.2) is 0 Å². The molecule has 0 aliphatic heterocycles. The number of hydrogen-bond acceptors (Lipinski definition) is 4. The third kappa shape index (κ3) is 0.840. The molecule has 84 valence electrons. The van der Waals surface area contributed by atoms with Gasteiger partial charge in [-0.05, 0) is 18.3 Å². The minimum atomic E-state index is -1.00. The van der Waals surface area contributed by atoms with E-state index in [9.17, 15) is 9.90 Å². The van der Waals surface area contributed by atoms with E-state index in [0.29, 0.717) is 18.6 Å². The molecule has 15 heavy (non-hydrogen) atoms. The van der Waals surface area contributed by atoms with Crippen molar-refractivity contribution in [2.24, 2.45) is 21.4 Å². The van der Waals surface area contributed by atoms with E-state index in [4.69, 9.17) is 5.21 Å². The lowest BCUT2D eigenvalue weighted by Gasteiger charge is -2.40. The Labute approximate surface area is 89.0 Å². The lowest BCUT2D eigenvalue weighted by atomic mass is 9.65. The summed E-state index contributed by atoms with van der Waals surface area (Å²) in [7, 11) is 0. The maximum atomic E-state index is 11.4. The first kappa shape index (κ1) is 10.5. The van der Waals surface area contributed by atoms with Crippen LogP contribution in [-0.4, -0.2) is 16.9 Å². The molecule has 0 unspecified atom stereocenters. The zero-order chi connectivity index (χ0) is 11.5. The molecule has 2 fully saturated rings. The largest absolute Gasteiger partial charge is 0.550 e. The highest BCUT2D eigenvalue weighted by atomic mass is 16.4. The zero-order valence-electron chi connectivity index (χ0n) is 9.33. The average Bonchev–Trinajstić information content (AvgIpc) is 2.46. The molecule has 4 heteroatoms. The molecular formula is C11H16NO3-. The van der Waals surface area contributed by atoms with Crippen molar-refractivity contribution in [1.29, 1.82) is 0 Å². The lowest BCUT2D eigenvalue weighted by Crippen LogP contribution is -2.47. The topological polar surface area (TPSA) is 72.7 Å². The third-order valence-electron chi connectivity index (χ3n) is 5.25. The van der Waals surface area contributed by atoms with Crippen molar-refractivity contribution in [2.45, 2.75) is 40.0 Å². The first-order valence-electron chi connectivity index (χ1n) is 5.25. The monoisotopic (exact) mass is 210 g/mol. The molecule has 2 atom stereocenters. The number of carboxylic acid groups (broad SMARTS) is 1. The number of carbonyl (C=O) groups is 1. The minimum Gasteiger partial charge on any atom is -0.550 e. The molecular weight excluding hydrogens is 194 g/mol. The van der Waals surface area contributed by atoms with Gasteiger partial charge < -0.3 is 15.1 Å². The Morgan fingerprint density at radius 2 is 2.00 bits per heavy atom. The molecule has 0 aromatic heterocycles. The van der Waals surface area contributed by atoms with Gasteiger partial charge in [-0.2, -0.15) is 0 Å². The predicted molar refractivity (Wildman–Crippen MR) is 52.4 cm³/mol. The fourth-order valence-electron chi connectivity index (χ4n) is 3.49. The Morgan fingerprint density at radius 1 is 1.40 bits per heavy atom. The molecule has 0 amide bonds. The molecule has 0 aromatic carbocycles. The highest BCUT2D eigenvalue weighted by Gasteiger charge is 2.69. The van der Waals surface area contributed by atoms with E-state index in [0.717, 1.165) is 6.42 Å². The second-order valence-corrected chi connectivity index (χ2v) is 5.55. The van der Waals surface area contributed by atoms with Crippen LogP contribution in [0.5, 0.6) is 0 Å². The van der Waals surface area contributed by atoms with Crippen LogP contribution in [0, 0.1) is 16.2 Å². The van der Waals surface area contributed by atoms with Crippen molar-refractivity contribution in [2.75, 3.05) is 0 Å². The Morgan fingerprint density at radius 3 is 2.33 bits per heavy atom. The summed E-state index contributed by atoms with van der Waals surface area (Å²) in [5, 5.41) is 23.6. The number of oxime groups is 1. The second kappa shape index (κ2) is 2.54. The van der Waals surface area contributed by atoms with Gasteiger partial charge >= 0.3 is 0 Å². The summed E-state index contributed by atoms with van der Waals surface area (Å²) in [6.07, 6.45) is 1.71. The van der Waals surface area contributed by atoms with E-state index >= 15 is 0 Å². The van der Waals surface area contributed by atoms with Crippen LogP contribution in [0.25, 0.3) is 0 Å². The van der Waals surface area contributed by atoms with E-state index in [1.54, 1.807) is 0 Å². The van der Waals surface area contributed by atoms with Gasteiger partial charge in [0.15, 0.2) is 0 Å². The molecule has 2 rings (SSSR count).